The molecule has 9 nitrogen and oxygen atoms in total. The van der Waals surface area contributed by atoms with Crippen LogP contribution >= 0.6 is 0 Å². The number of benzene rings is 1. The van der Waals surface area contributed by atoms with Crippen molar-refractivity contribution in [3.8, 4) is 17.1 Å². The number of sulfonamides is 1. The molecule has 160 valence electrons. The molecule has 2 heterocycles. The van der Waals surface area contributed by atoms with Crippen LogP contribution in [0.4, 0.5) is 4.39 Å². The number of carboxylic acid groups (broad SMARTS) is 1. The molecule has 1 N–H and O–H groups in total. The lowest BCUT2D eigenvalue weighted by Gasteiger charge is -2.23. The smallest absolute Gasteiger partial charge is 0.290 e. The second-order valence-electron chi connectivity index (χ2n) is 6.51. The summed E-state index contributed by atoms with van der Waals surface area (Å²) in [6.45, 7) is 0.414. The molecule has 1 saturated heterocycles. The number of hydrogen-bond acceptors (Lipinski definition) is 6. The number of nitrogens with zero attached hydrogens (tertiary/aromatic N) is 3. The van der Waals surface area contributed by atoms with Crippen molar-refractivity contribution in [3.63, 3.8) is 0 Å². The van der Waals surface area contributed by atoms with Gasteiger partial charge in [-0.25, -0.2) is 22.1 Å². The fourth-order valence-corrected chi connectivity index (χ4v) is 4.30. The zero-order valence-electron chi connectivity index (χ0n) is 16.4. The Morgan fingerprint density at radius 2 is 2.10 bits per heavy atom. The Hall–Kier alpha value is -2.50. The molecule has 1 aromatic heterocycles. The molecule has 0 saturated carbocycles. The number of imidazole rings is 1. The van der Waals surface area contributed by atoms with Gasteiger partial charge in [0, 0.05) is 32.4 Å². The van der Waals surface area contributed by atoms with Gasteiger partial charge in [-0.1, -0.05) is 6.07 Å². The molecule has 0 spiro atoms. The highest BCUT2D eigenvalue weighted by molar-refractivity contribution is 7.89. The van der Waals surface area contributed by atoms with E-state index in [1.165, 1.54) is 31.6 Å². The van der Waals surface area contributed by atoms with E-state index in [1.54, 1.807) is 29.1 Å². The summed E-state index contributed by atoms with van der Waals surface area (Å²) in [5.41, 5.74) is 0.251. The number of rotatable bonds is 6. The minimum atomic E-state index is -3.38. The average Bonchev–Trinajstić information content (AvgIpc) is 3.30. The standard InChI is InChI=1S/C17H22FN3O4S.CH2O2/c1-20(2)26(22,23)11-12-9-25-10-14(12)21-8-7-19-17(21)16-13(18)5-4-6-15(16)24-3;2-1-3/h4-8,12,14H,9-11H2,1-3H3;1H,(H,2,3)/t12-,14+;/m0./s1. The summed E-state index contributed by atoms with van der Waals surface area (Å²) in [6.07, 6.45) is 3.28. The van der Waals surface area contributed by atoms with E-state index in [-0.39, 0.29) is 29.7 Å². The summed E-state index contributed by atoms with van der Waals surface area (Å²) in [5.74, 6) is 0.00860. The maximum atomic E-state index is 14.5. The third-order valence-corrected chi connectivity index (χ3v) is 6.55. The molecule has 1 aliphatic rings. The fourth-order valence-electron chi connectivity index (χ4n) is 3.14. The molecule has 1 fully saturated rings. The monoisotopic (exact) mass is 429 g/mol. The first-order chi connectivity index (χ1) is 13.8. The molecule has 0 radical (unpaired) electrons. The quantitative estimate of drug-likeness (QED) is 0.693. The summed E-state index contributed by atoms with van der Waals surface area (Å²) in [6, 6.07) is 4.31. The van der Waals surface area contributed by atoms with Gasteiger partial charge in [0.1, 0.15) is 17.4 Å². The molecule has 0 amide bonds. The number of aromatic nitrogens is 2. The van der Waals surface area contributed by atoms with E-state index in [2.05, 4.69) is 4.98 Å². The van der Waals surface area contributed by atoms with Crippen molar-refractivity contribution in [1.82, 2.24) is 13.9 Å². The fraction of sp³-hybridized carbons (Fsp3) is 0.444. The molecular formula is C18H24FN3O6S. The largest absolute Gasteiger partial charge is 0.496 e. The predicted molar refractivity (Wildman–Crippen MR) is 104 cm³/mol. The molecular weight excluding hydrogens is 405 g/mol. The van der Waals surface area contributed by atoms with Crippen LogP contribution in [0.25, 0.3) is 11.4 Å². The number of methoxy groups -OCH3 is 1. The lowest BCUT2D eigenvalue weighted by atomic mass is 10.1. The summed E-state index contributed by atoms with van der Waals surface area (Å²) in [4.78, 5) is 12.7. The van der Waals surface area contributed by atoms with Crippen molar-refractivity contribution >= 4 is 16.5 Å². The predicted octanol–water partition coefficient (Wildman–Crippen LogP) is 1.48. The van der Waals surface area contributed by atoms with Gasteiger partial charge in [0.2, 0.25) is 10.0 Å². The van der Waals surface area contributed by atoms with Crippen LogP contribution in [-0.2, 0) is 19.6 Å². The molecule has 1 aliphatic heterocycles. The van der Waals surface area contributed by atoms with Crippen molar-refractivity contribution in [2.75, 3.05) is 40.2 Å². The first-order valence-corrected chi connectivity index (χ1v) is 10.3. The average molecular weight is 429 g/mol. The number of carbonyl (C=O) groups is 1. The van der Waals surface area contributed by atoms with Crippen LogP contribution in [0, 0.1) is 11.7 Å². The SMILES string of the molecule is COc1cccc(F)c1-c1nccn1[C@@H]1COC[C@H]1CS(=O)(=O)N(C)C.O=CO. The second kappa shape index (κ2) is 9.81. The van der Waals surface area contributed by atoms with Crippen LogP contribution in [-0.4, -0.2) is 74.0 Å². The maximum absolute atomic E-state index is 14.5. The Labute approximate surface area is 168 Å². The van der Waals surface area contributed by atoms with Gasteiger partial charge in [-0.3, -0.25) is 4.79 Å². The van der Waals surface area contributed by atoms with Crippen molar-refractivity contribution in [1.29, 1.82) is 0 Å². The van der Waals surface area contributed by atoms with E-state index in [0.717, 1.165) is 0 Å². The Kier molecular flexibility index (Phi) is 7.71. The van der Waals surface area contributed by atoms with Gasteiger partial charge in [-0.2, -0.15) is 0 Å². The van der Waals surface area contributed by atoms with E-state index in [9.17, 15) is 12.8 Å². The molecule has 29 heavy (non-hydrogen) atoms. The maximum Gasteiger partial charge on any atom is 0.290 e. The zero-order chi connectivity index (χ0) is 21.6. The summed E-state index contributed by atoms with van der Waals surface area (Å²) < 4.78 is 52.8. The van der Waals surface area contributed by atoms with Crippen LogP contribution in [0.5, 0.6) is 5.75 Å². The molecule has 2 atom stereocenters. The lowest BCUT2D eigenvalue weighted by molar-refractivity contribution is -0.122. The molecule has 0 unspecified atom stereocenters. The molecule has 0 aliphatic carbocycles. The number of halogens is 1. The van der Waals surface area contributed by atoms with Gasteiger partial charge in [-0.05, 0) is 12.1 Å². The van der Waals surface area contributed by atoms with Crippen molar-refractivity contribution < 1.29 is 32.2 Å². The van der Waals surface area contributed by atoms with Crippen LogP contribution in [0.1, 0.15) is 6.04 Å². The van der Waals surface area contributed by atoms with Crippen LogP contribution in [0.2, 0.25) is 0 Å². The minimum Gasteiger partial charge on any atom is -0.496 e. The van der Waals surface area contributed by atoms with Crippen molar-refractivity contribution in [3.05, 3.63) is 36.4 Å². The Morgan fingerprint density at radius 1 is 1.41 bits per heavy atom. The van der Waals surface area contributed by atoms with E-state index in [0.29, 0.717) is 24.8 Å². The Bertz CT molecular complexity index is 931. The molecule has 3 rings (SSSR count). The highest BCUT2D eigenvalue weighted by Gasteiger charge is 2.36. The summed E-state index contributed by atoms with van der Waals surface area (Å²) in [7, 11) is 1.10. The summed E-state index contributed by atoms with van der Waals surface area (Å²) >= 11 is 0. The van der Waals surface area contributed by atoms with Gasteiger partial charge in [-0.15, -0.1) is 0 Å². The minimum absolute atomic E-state index is 0.0449. The van der Waals surface area contributed by atoms with Crippen molar-refractivity contribution in [2.45, 2.75) is 6.04 Å². The van der Waals surface area contributed by atoms with Crippen molar-refractivity contribution in [2.24, 2.45) is 5.92 Å². The van der Waals surface area contributed by atoms with E-state index >= 15 is 0 Å². The van der Waals surface area contributed by atoms with Crippen LogP contribution in [0.3, 0.4) is 0 Å². The number of hydrogen-bond donors (Lipinski definition) is 1. The molecule has 0 bridgehead atoms. The first kappa shape index (κ1) is 22.8. The van der Waals surface area contributed by atoms with E-state index in [4.69, 9.17) is 19.4 Å². The number of ether oxygens (including phenoxy) is 2. The highest BCUT2D eigenvalue weighted by Crippen LogP contribution is 2.36. The molecule has 2 aromatic rings. The van der Waals surface area contributed by atoms with Gasteiger partial charge < -0.3 is 19.1 Å². The first-order valence-electron chi connectivity index (χ1n) is 8.68. The van der Waals surface area contributed by atoms with Crippen LogP contribution < -0.4 is 4.74 Å². The molecule has 11 heteroatoms. The van der Waals surface area contributed by atoms with Crippen LogP contribution in [0.15, 0.2) is 30.6 Å². The van der Waals surface area contributed by atoms with Gasteiger partial charge >= 0.3 is 0 Å². The summed E-state index contributed by atoms with van der Waals surface area (Å²) in [5, 5.41) is 6.89. The van der Waals surface area contributed by atoms with E-state index < -0.39 is 15.8 Å². The van der Waals surface area contributed by atoms with Gasteiger partial charge in [0.25, 0.3) is 6.47 Å². The third-order valence-electron chi connectivity index (χ3n) is 4.59. The molecule has 1 aromatic carbocycles. The lowest BCUT2D eigenvalue weighted by Crippen LogP contribution is -2.32. The van der Waals surface area contributed by atoms with E-state index in [1.807, 2.05) is 0 Å². The normalized spacial score (nSPS) is 18.9. The topological polar surface area (TPSA) is 111 Å². The van der Waals surface area contributed by atoms with Gasteiger partial charge in [0.05, 0.1) is 37.7 Å². The Balaban J connectivity index is 0.000000941. The Morgan fingerprint density at radius 3 is 2.72 bits per heavy atom. The third kappa shape index (κ3) is 5.11. The van der Waals surface area contributed by atoms with Gasteiger partial charge in [0.15, 0.2) is 0 Å². The highest BCUT2D eigenvalue weighted by atomic mass is 32.2. The second-order valence-corrected chi connectivity index (χ2v) is 8.73. The zero-order valence-corrected chi connectivity index (χ0v) is 17.2.